The number of nitrogens with one attached hydrogen (secondary N) is 3. The number of halogens is 1. The molecule has 0 aromatic heterocycles. The number of anilines is 2. The molecular weight excluding hydrogens is 398 g/mol. The second-order valence-corrected chi connectivity index (χ2v) is 7.72. The van der Waals surface area contributed by atoms with Crippen molar-refractivity contribution in [2.75, 3.05) is 22.5 Å². The molecule has 2 heterocycles. The summed E-state index contributed by atoms with van der Waals surface area (Å²) in [4.78, 5) is 31.6. The molecule has 2 atom stereocenters. The number of rotatable bonds is 4. The van der Waals surface area contributed by atoms with Crippen molar-refractivity contribution >= 4 is 51.7 Å². The molecule has 1 fully saturated rings. The molecule has 2 aliphatic rings. The maximum Gasteiger partial charge on any atom is 0.241 e. The summed E-state index contributed by atoms with van der Waals surface area (Å²) in [6.45, 7) is 0.517. The molecule has 2 aromatic rings. The smallest absolute Gasteiger partial charge is 0.241 e. The first-order valence-corrected chi connectivity index (χ1v) is 10.1. The maximum absolute atomic E-state index is 13.0. The number of amides is 2. The second kappa shape index (κ2) is 8.32. The first-order valence-electron chi connectivity index (χ1n) is 8.75. The Hall–Kier alpha value is -2.39. The Morgan fingerprint density at radius 3 is 2.86 bits per heavy atom. The molecule has 0 spiro atoms. The Morgan fingerprint density at radius 1 is 1.25 bits per heavy atom. The third kappa shape index (κ3) is 4.05. The van der Waals surface area contributed by atoms with Gasteiger partial charge in [-0.2, -0.15) is 0 Å². The van der Waals surface area contributed by atoms with E-state index in [1.54, 1.807) is 29.2 Å². The van der Waals surface area contributed by atoms with Gasteiger partial charge in [0.1, 0.15) is 6.17 Å². The summed E-state index contributed by atoms with van der Waals surface area (Å²) in [7, 11) is 0. The normalized spacial score (nSPS) is 21.2. The van der Waals surface area contributed by atoms with E-state index < -0.39 is 0 Å². The largest absolute Gasteiger partial charge is 0.325 e. The van der Waals surface area contributed by atoms with Crippen LogP contribution in [0.2, 0.25) is 5.02 Å². The van der Waals surface area contributed by atoms with Crippen molar-refractivity contribution in [3.63, 3.8) is 0 Å². The molecule has 1 saturated heterocycles. The van der Waals surface area contributed by atoms with Crippen molar-refractivity contribution in [1.29, 1.82) is 0 Å². The maximum atomic E-state index is 13.0. The number of hydrazine groups is 1. The predicted octanol–water partition coefficient (Wildman–Crippen LogP) is 2.46. The minimum atomic E-state index is -0.328. The van der Waals surface area contributed by atoms with Crippen molar-refractivity contribution < 1.29 is 9.59 Å². The monoisotopic (exact) mass is 415 g/mol. The van der Waals surface area contributed by atoms with Crippen LogP contribution in [0.1, 0.15) is 0 Å². The Kier molecular flexibility index (Phi) is 5.63. The Morgan fingerprint density at radius 2 is 2.07 bits per heavy atom. The van der Waals surface area contributed by atoms with Gasteiger partial charge in [0.15, 0.2) is 5.17 Å². The molecule has 0 saturated carbocycles. The summed E-state index contributed by atoms with van der Waals surface area (Å²) in [5.41, 5.74) is 7.36. The lowest BCUT2D eigenvalue weighted by Gasteiger charge is -2.32. The summed E-state index contributed by atoms with van der Waals surface area (Å²) in [6.07, 6.45) is -0.328. The first-order chi connectivity index (χ1) is 13.6. The molecule has 4 rings (SSSR count). The van der Waals surface area contributed by atoms with E-state index in [4.69, 9.17) is 11.6 Å². The van der Waals surface area contributed by atoms with E-state index in [0.717, 1.165) is 5.69 Å². The molecule has 0 bridgehead atoms. The van der Waals surface area contributed by atoms with E-state index in [1.807, 2.05) is 30.3 Å². The van der Waals surface area contributed by atoms with Crippen LogP contribution in [0, 0.1) is 5.92 Å². The lowest BCUT2D eigenvalue weighted by atomic mass is 10.1. The molecule has 2 amide bonds. The average molecular weight is 416 g/mol. The topological polar surface area (TPSA) is 85.8 Å². The zero-order valence-electron chi connectivity index (χ0n) is 14.8. The number of hydrogen-bond donors (Lipinski definition) is 3. The predicted molar refractivity (Wildman–Crippen MR) is 112 cm³/mol. The fourth-order valence-electron chi connectivity index (χ4n) is 3.08. The highest BCUT2D eigenvalue weighted by Crippen LogP contribution is 2.29. The summed E-state index contributed by atoms with van der Waals surface area (Å²) in [5, 5.41) is 3.85. The number of amidine groups is 1. The van der Waals surface area contributed by atoms with Gasteiger partial charge in [0, 0.05) is 17.3 Å². The number of benzene rings is 2. The van der Waals surface area contributed by atoms with E-state index in [-0.39, 0.29) is 29.7 Å². The lowest BCUT2D eigenvalue weighted by Crippen LogP contribution is -2.49. The number of thioether (sulfide) groups is 1. The highest BCUT2D eigenvalue weighted by molar-refractivity contribution is 8.14. The minimum Gasteiger partial charge on any atom is -0.325 e. The summed E-state index contributed by atoms with van der Waals surface area (Å²) < 4.78 is 0. The van der Waals surface area contributed by atoms with Crippen LogP contribution >= 0.6 is 23.4 Å². The van der Waals surface area contributed by atoms with Gasteiger partial charge in [-0.3, -0.25) is 19.9 Å². The SMILES string of the molecule is O=C(CSC1=NC2NNCC2C(=O)N1c1ccccc1)Nc1cccc(Cl)c1. The van der Waals surface area contributed by atoms with Crippen molar-refractivity contribution in [1.82, 2.24) is 10.9 Å². The second-order valence-electron chi connectivity index (χ2n) is 6.34. The van der Waals surface area contributed by atoms with E-state index in [1.165, 1.54) is 11.8 Å². The van der Waals surface area contributed by atoms with Crippen LogP contribution in [0.4, 0.5) is 11.4 Å². The molecule has 144 valence electrons. The summed E-state index contributed by atoms with van der Waals surface area (Å²) >= 11 is 7.18. The quantitative estimate of drug-likeness (QED) is 0.714. The van der Waals surface area contributed by atoms with Crippen LogP contribution in [0.25, 0.3) is 0 Å². The highest BCUT2D eigenvalue weighted by atomic mass is 35.5. The molecule has 0 radical (unpaired) electrons. The number of carbonyl (C=O) groups excluding carboxylic acids is 2. The fourth-order valence-corrected chi connectivity index (χ4v) is 4.11. The van der Waals surface area contributed by atoms with Crippen LogP contribution in [0.5, 0.6) is 0 Å². The summed E-state index contributed by atoms with van der Waals surface area (Å²) in [6, 6.07) is 16.3. The summed E-state index contributed by atoms with van der Waals surface area (Å²) in [5.74, 6) is -0.395. The van der Waals surface area contributed by atoms with E-state index >= 15 is 0 Å². The molecule has 7 nitrogen and oxygen atoms in total. The minimum absolute atomic E-state index is 0.0403. The number of fused-ring (bicyclic) bond motifs is 1. The van der Waals surface area contributed by atoms with Crippen molar-refractivity contribution in [3.05, 3.63) is 59.6 Å². The fraction of sp³-hybridized carbons (Fsp3) is 0.211. The van der Waals surface area contributed by atoms with E-state index in [2.05, 4.69) is 21.2 Å². The molecule has 3 N–H and O–H groups in total. The van der Waals surface area contributed by atoms with Gasteiger partial charge in [-0.25, -0.2) is 10.4 Å². The van der Waals surface area contributed by atoms with Crippen LogP contribution < -0.4 is 21.1 Å². The molecule has 2 aliphatic heterocycles. The van der Waals surface area contributed by atoms with E-state index in [9.17, 15) is 9.59 Å². The average Bonchev–Trinajstić information content (AvgIpc) is 3.16. The van der Waals surface area contributed by atoms with Gasteiger partial charge in [0.05, 0.1) is 17.4 Å². The number of hydrogen-bond acceptors (Lipinski definition) is 6. The van der Waals surface area contributed by atoms with Gasteiger partial charge in [-0.15, -0.1) is 0 Å². The van der Waals surface area contributed by atoms with Gasteiger partial charge in [-0.1, -0.05) is 47.6 Å². The van der Waals surface area contributed by atoms with Crippen LogP contribution in [-0.2, 0) is 9.59 Å². The van der Waals surface area contributed by atoms with Crippen LogP contribution in [0.15, 0.2) is 59.6 Å². The zero-order valence-corrected chi connectivity index (χ0v) is 16.3. The molecule has 2 aromatic carbocycles. The zero-order chi connectivity index (χ0) is 19.5. The van der Waals surface area contributed by atoms with Crippen molar-refractivity contribution in [3.8, 4) is 0 Å². The Bertz CT molecular complexity index is 924. The molecule has 28 heavy (non-hydrogen) atoms. The first kappa shape index (κ1) is 18.9. The third-order valence-corrected chi connectivity index (χ3v) is 5.57. The van der Waals surface area contributed by atoms with Crippen molar-refractivity contribution in [2.45, 2.75) is 6.17 Å². The molecule has 2 unspecified atom stereocenters. The van der Waals surface area contributed by atoms with Gasteiger partial charge in [0.25, 0.3) is 0 Å². The standard InChI is InChI=1S/C19H18ClN5O2S/c20-12-5-4-6-13(9-12)22-16(26)11-28-19-23-17-15(10-21-24-17)18(27)25(19)14-7-2-1-3-8-14/h1-9,15,17,21,24H,10-11H2,(H,22,26). The Labute approximate surface area is 171 Å². The van der Waals surface area contributed by atoms with Gasteiger partial charge in [0.2, 0.25) is 11.8 Å². The Balaban J connectivity index is 1.50. The number of nitrogens with zero attached hydrogens (tertiary/aromatic N) is 2. The van der Waals surface area contributed by atoms with E-state index in [0.29, 0.717) is 22.4 Å². The number of para-hydroxylation sites is 1. The van der Waals surface area contributed by atoms with Gasteiger partial charge < -0.3 is 5.32 Å². The van der Waals surface area contributed by atoms with Crippen LogP contribution in [0.3, 0.4) is 0 Å². The lowest BCUT2D eigenvalue weighted by molar-refractivity contribution is -0.121. The molecule has 9 heteroatoms. The van der Waals surface area contributed by atoms with Gasteiger partial charge in [-0.05, 0) is 30.3 Å². The van der Waals surface area contributed by atoms with Crippen molar-refractivity contribution in [2.24, 2.45) is 10.9 Å². The highest BCUT2D eigenvalue weighted by Gasteiger charge is 2.42. The van der Waals surface area contributed by atoms with Gasteiger partial charge >= 0.3 is 0 Å². The molecular formula is C19H18ClN5O2S. The number of aliphatic imine (C=N–C) groups is 1. The molecule has 0 aliphatic carbocycles. The number of carbonyl (C=O) groups is 2. The third-order valence-electron chi connectivity index (χ3n) is 4.39. The van der Waals surface area contributed by atoms with Crippen LogP contribution in [-0.4, -0.2) is 35.4 Å².